The first-order valence-electron chi connectivity index (χ1n) is 10.3. The van der Waals surface area contributed by atoms with Gasteiger partial charge in [0.2, 0.25) is 0 Å². The Labute approximate surface area is 201 Å². The van der Waals surface area contributed by atoms with Crippen LogP contribution in [0.25, 0.3) is 0 Å². The summed E-state index contributed by atoms with van der Waals surface area (Å²) in [5.74, 6) is 0.353. The molecule has 2 aromatic carbocycles. The number of amides is 1. The molecule has 0 atom stereocenters. The van der Waals surface area contributed by atoms with Gasteiger partial charge >= 0.3 is 0 Å². The largest absolute Gasteiger partial charge is 0.487 e. The molecule has 8 heteroatoms. The predicted octanol–water partition coefficient (Wildman–Crippen LogP) is 6.04. The van der Waals surface area contributed by atoms with Crippen molar-refractivity contribution in [2.45, 2.75) is 20.1 Å². The summed E-state index contributed by atoms with van der Waals surface area (Å²) in [6, 6.07) is 12.2. The van der Waals surface area contributed by atoms with Gasteiger partial charge in [0.1, 0.15) is 18.2 Å². The van der Waals surface area contributed by atoms with Crippen molar-refractivity contribution in [3.63, 3.8) is 0 Å². The number of carbonyl (C=O) groups is 1. The highest BCUT2D eigenvalue weighted by atomic mass is 35.5. The molecule has 0 radical (unpaired) electrons. The highest BCUT2D eigenvalue weighted by Gasteiger charge is 2.24. The zero-order chi connectivity index (χ0) is 22.7. The van der Waals surface area contributed by atoms with E-state index in [1.54, 1.807) is 12.1 Å². The van der Waals surface area contributed by atoms with E-state index in [4.69, 9.17) is 27.9 Å². The SMILES string of the molecule is Cc1ccc(Cl)c(OCc2csc(C(=O)N3CCN(Cc4c(F)cccc4Cl)CC3)c2)c1. The smallest absolute Gasteiger partial charge is 0.264 e. The zero-order valence-electron chi connectivity index (χ0n) is 17.6. The number of nitrogens with zero attached hydrogens (tertiary/aromatic N) is 2. The maximum atomic E-state index is 14.1. The number of ether oxygens (including phenoxy) is 1. The second-order valence-corrected chi connectivity index (χ2v) is 9.54. The number of piperazine rings is 1. The Bertz CT molecular complexity index is 1090. The second-order valence-electron chi connectivity index (χ2n) is 7.81. The molecule has 1 aliphatic heterocycles. The van der Waals surface area contributed by atoms with Crippen molar-refractivity contribution in [2.24, 2.45) is 0 Å². The van der Waals surface area contributed by atoms with Crippen LogP contribution in [0.5, 0.6) is 5.75 Å². The van der Waals surface area contributed by atoms with Gasteiger partial charge in [0, 0.05) is 48.9 Å². The maximum absolute atomic E-state index is 14.1. The van der Waals surface area contributed by atoms with Crippen LogP contribution in [0.2, 0.25) is 10.0 Å². The summed E-state index contributed by atoms with van der Waals surface area (Å²) in [4.78, 5) is 17.6. The molecule has 4 rings (SSSR count). The molecule has 2 heterocycles. The maximum Gasteiger partial charge on any atom is 0.264 e. The molecular formula is C24H23Cl2FN2O2S. The van der Waals surface area contributed by atoms with Crippen molar-refractivity contribution in [1.29, 1.82) is 0 Å². The van der Waals surface area contributed by atoms with E-state index in [9.17, 15) is 9.18 Å². The van der Waals surface area contributed by atoms with Crippen molar-refractivity contribution in [2.75, 3.05) is 26.2 Å². The molecule has 1 aromatic heterocycles. The van der Waals surface area contributed by atoms with Crippen molar-refractivity contribution >= 4 is 40.4 Å². The average Bonchev–Trinajstić information content (AvgIpc) is 3.26. The molecule has 0 unspecified atom stereocenters. The van der Waals surface area contributed by atoms with Gasteiger partial charge in [-0.15, -0.1) is 11.3 Å². The van der Waals surface area contributed by atoms with Crippen molar-refractivity contribution in [3.8, 4) is 5.75 Å². The van der Waals surface area contributed by atoms with Gasteiger partial charge in [-0.2, -0.15) is 0 Å². The van der Waals surface area contributed by atoms with Crippen LogP contribution < -0.4 is 4.74 Å². The first kappa shape index (κ1) is 23.1. The first-order valence-corrected chi connectivity index (χ1v) is 11.9. The van der Waals surface area contributed by atoms with Crippen LogP contribution in [0.3, 0.4) is 0 Å². The molecule has 0 aliphatic carbocycles. The fourth-order valence-electron chi connectivity index (χ4n) is 3.62. The van der Waals surface area contributed by atoms with Crippen LogP contribution in [-0.2, 0) is 13.2 Å². The second kappa shape index (κ2) is 10.2. The molecule has 1 saturated heterocycles. The minimum absolute atomic E-state index is 0.0124. The van der Waals surface area contributed by atoms with Crippen molar-refractivity contribution < 1.29 is 13.9 Å². The monoisotopic (exact) mass is 492 g/mol. The molecule has 1 amide bonds. The fraction of sp³-hybridized carbons (Fsp3) is 0.292. The molecule has 0 N–H and O–H groups in total. The Morgan fingerprint density at radius 1 is 1.09 bits per heavy atom. The molecule has 1 fully saturated rings. The van der Waals surface area contributed by atoms with Crippen LogP contribution >= 0.6 is 34.5 Å². The van der Waals surface area contributed by atoms with Crippen LogP contribution in [0.1, 0.15) is 26.4 Å². The zero-order valence-corrected chi connectivity index (χ0v) is 19.9. The van der Waals surface area contributed by atoms with Gasteiger partial charge < -0.3 is 9.64 Å². The van der Waals surface area contributed by atoms with Gasteiger partial charge in [-0.3, -0.25) is 9.69 Å². The van der Waals surface area contributed by atoms with Crippen LogP contribution in [0, 0.1) is 12.7 Å². The minimum Gasteiger partial charge on any atom is -0.487 e. The Balaban J connectivity index is 1.31. The van der Waals surface area contributed by atoms with E-state index in [0.29, 0.717) is 65.6 Å². The van der Waals surface area contributed by atoms with Crippen LogP contribution in [0.15, 0.2) is 47.8 Å². The average molecular weight is 493 g/mol. The van der Waals surface area contributed by atoms with Gasteiger partial charge in [-0.05, 0) is 48.2 Å². The molecule has 0 bridgehead atoms. The lowest BCUT2D eigenvalue weighted by atomic mass is 10.1. The molecule has 3 aromatic rings. The van der Waals surface area contributed by atoms with E-state index in [1.165, 1.54) is 17.4 Å². The summed E-state index contributed by atoms with van der Waals surface area (Å²) in [5.41, 5.74) is 2.51. The van der Waals surface area contributed by atoms with Crippen LogP contribution in [-0.4, -0.2) is 41.9 Å². The quantitative estimate of drug-likeness (QED) is 0.420. The molecule has 168 valence electrons. The Kier molecular flexibility index (Phi) is 7.36. The Hall–Kier alpha value is -2.12. The van der Waals surface area contributed by atoms with E-state index in [2.05, 4.69) is 4.90 Å². The molecule has 0 saturated carbocycles. The molecule has 1 aliphatic rings. The number of carbonyl (C=O) groups excluding carboxylic acids is 1. The summed E-state index contributed by atoms with van der Waals surface area (Å²) in [6.45, 7) is 5.29. The van der Waals surface area contributed by atoms with Crippen molar-refractivity contribution in [1.82, 2.24) is 9.80 Å². The summed E-state index contributed by atoms with van der Waals surface area (Å²) < 4.78 is 19.9. The number of aryl methyl sites for hydroxylation is 1. The highest BCUT2D eigenvalue weighted by molar-refractivity contribution is 7.12. The molecular weight excluding hydrogens is 470 g/mol. The topological polar surface area (TPSA) is 32.8 Å². The third-order valence-electron chi connectivity index (χ3n) is 5.45. The summed E-state index contributed by atoms with van der Waals surface area (Å²) >= 11 is 13.7. The van der Waals surface area contributed by atoms with Crippen molar-refractivity contribution in [3.05, 3.63) is 85.3 Å². The summed E-state index contributed by atoms with van der Waals surface area (Å²) in [7, 11) is 0. The van der Waals surface area contributed by atoms with E-state index in [-0.39, 0.29) is 11.7 Å². The first-order chi connectivity index (χ1) is 15.4. The standard InChI is InChI=1S/C24H23Cl2FN2O2S/c1-16-5-6-20(26)22(11-16)31-14-17-12-23(32-15-17)24(30)29-9-7-28(8-10-29)13-18-19(25)3-2-4-21(18)27/h2-6,11-12,15H,7-10,13-14H2,1H3. The normalized spacial score (nSPS) is 14.6. The molecule has 0 spiro atoms. The number of thiophene rings is 1. The number of hydrogen-bond acceptors (Lipinski definition) is 4. The predicted molar refractivity (Wildman–Crippen MR) is 127 cm³/mol. The Morgan fingerprint density at radius 2 is 1.88 bits per heavy atom. The Morgan fingerprint density at radius 3 is 2.62 bits per heavy atom. The van der Waals surface area contributed by atoms with Gasteiger partial charge in [0.05, 0.1) is 9.90 Å². The number of halogens is 3. The van der Waals surface area contributed by atoms with Gasteiger partial charge in [-0.25, -0.2) is 4.39 Å². The summed E-state index contributed by atoms with van der Waals surface area (Å²) in [5, 5.41) is 2.94. The lowest BCUT2D eigenvalue weighted by molar-refractivity contribution is 0.0631. The van der Waals surface area contributed by atoms with Gasteiger partial charge in [0.15, 0.2) is 0 Å². The van der Waals surface area contributed by atoms with Gasteiger partial charge in [0.25, 0.3) is 5.91 Å². The third-order valence-corrected chi connectivity index (χ3v) is 7.08. The van der Waals surface area contributed by atoms with E-state index < -0.39 is 0 Å². The number of benzene rings is 2. The minimum atomic E-state index is -0.295. The van der Waals surface area contributed by atoms with E-state index in [1.807, 2.05) is 41.5 Å². The number of rotatable bonds is 6. The van der Waals surface area contributed by atoms with E-state index >= 15 is 0 Å². The third kappa shape index (κ3) is 5.44. The van der Waals surface area contributed by atoms with Crippen LogP contribution in [0.4, 0.5) is 4.39 Å². The van der Waals surface area contributed by atoms with Gasteiger partial charge in [-0.1, -0.05) is 35.3 Å². The lowest BCUT2D eigenvalue weighted by Gasteiger charge is -2.34. The molecule has 4 nitrogen and oxygen atoms in total. The lowest BCUT2D eigenvalue weighted by Crippen LogP contribution is -2.48. The van der Waals surface area contributed by atoms with E-state index in [0.717, 1.165) is 11.1 Å². The highest BCUT2D eigenvalue weighted by Crippen LogP contribution is 2.27. The molecule has 32 heavy (non-hydrogen) atoms. The fourth-order valence-corrected chi connectivity index (χ4v) is 4.88. The summed E-state index contributed by atoms with van der Waals surface area (Å²) in [6.07, 6.45) is 0. The number of hydrogen-bond donors (Lipinski definition) is 0.